The van der Waals surface area contributed by atoms with Crippen LogP contribution in [0.4, 0.5) is 5.13 Å². The van der Waals surface area contributed by atoms with Crippen molar-refractivity contribution >= 4 is 39.9 Å². The fourth-order valence-corrected chi connectivity index (χ4v) is 2.79. The second-order valence-electron chi connectivity index (χ2n) is 4.17. The number of methoxy groups -OCH3 is 1. The number of ether oxygens (including phenoxy) is 1. The lowest BCUT2D eigenvalue weighted by molar-refractivity contribution is 0.201. The average molecular weight is 332 g/mol. The van der Waals surface area contributed by atoms with Crippen LogP contribution >= 0.6 is 34.7 Å². The highest BCUT2D eigenvalue weighted by Gasteiger charge is 2.05. The Morgan fingerprint density at radius 2 is 2.15 bits per heavy atom. The van der Waals surface area contributed by atoms with Gasteiger partial charge in [0.05, 0.1) is 6.61 Å². The van der Waals surface area contributed by atoms with Gasteiger partial charge < -0.3 is 10.1 Å². The summed E-state index contributed by atoms with van der Waals surface area (Å²) in [6.45, 7) is 1.39. The van der Waals surface area contributed by atoms with Gasteiger partial charge in [-0.25, -0.2) is 4.98 Å². The smallest absolute Gasteiger partial charge is 0.202 e. The molecule has 1 aromatic carbocycles. The summed E-state index contributed by atoms with van der Waals surface area (Å²) >= 11 is 13.3. The average Bonchev–Trinajstić information content (AvgIpc) is 2.87. The van der Waals surface area contributed by atoms with Gasteiger partial charge in [-0.1, -0.05) is 29.3 Å². The molecule has 0 saturated heterocycles. The van der Waals surface area contributed by atoms with Gasteiger partial charge in [0.2, 0.25) is 5.13 Å². The van der Waals surface area contributed by atoms with E-state index < -0.39 is 0 Å². The molecule has 108 valence electrons. The van der Waals surface area contributed by atoms with E-state index in [1.165, 1.54) is 11.5 Å². The number of hydrogen-bond donors (Lipinski definition) is 1. The number of rotatable bonds is 7. The van der Waals surface area contributed by atoms with Crippen LogP contribution < -0.4 is 5.32 Å². The van der Waals surface area contributed by atoms with Crippen molar-refractivity contribution in [2.45, 2.75) is 12.8 Å². The lowest BCUT2D eigenvalue weighted by Crippen LogP contribution is -2.05. The van der Waals surface area contributed by atoms with Crippen LogP contribution in [0, 0.1) is 0 Å². The van der Waals surface area contributed by atoms with Crippen molar-refractivity contribution in [3.63, 3.8) is 0 Å². The first-order valence-corrected chi connectivity index (χ1v) is 7.71. The summed E-state index contributed by atoms with van der Waals surface area (Å²) in [5.41, 5.74) is 1.06. The molecule has 0 aliphatic rings. The van der Waals surface area contributed by atoms with E-state index in [0.29, 0.717) is 16.7 Å². The number of halogens is 2. The Kier molecular flexibility index (Phi) is 6.04. The summed E-state index contributed by atoms with van der Waals surface area (Å²) in [5.74, 6) is 0.809. The van der Waals surface area contributed by atoms with Crippen molar-refractivity contribution in [3.05, 3.63) is 39.6 Å². The molecule has 0 atom stereocenters. The minimum atomic E-state index is 0.635. The molecule has 7 heteroatoms. The molecule has 0 radical (unpaired) electrons. The molecule has 20 heavy (non-hydrogen) atoms. The molecule has 2 aromatic rings. The van der Waals surface area contributed by atoms with Gasteiger partial charge in [-0.3, -0.25) is 0 Å². The summed E-state index contributed by atoms with van der Waals surface area (Å²) in [4.78, 5) is 4.38. The fraction of sp³-hybridized carbons (Fsp3) is 0.385. The highest BCUT2D eigenvalue weighted by molar-refractivity contribution is 7.09. The first-order chi connectivity index (χ1) is 9.69. The number of hydrogen-bond acceptors (Lipinski definition) is 5. The van der Waals surface area contributed by atoms with Crippen molar-refractivity contribution < 1.29 is 4.74 Å². The van der Waals surface area contributed by atoms with Crippen molar-refractivity contribution in [2.75, 3.05) is 25.6 Å². The number of nitrogens with one attached hydrogen (secondary N) is 1. The maximum atomic E-state index is 6.12. The summed E-state index contributed by atoms with van der Waals surface area (Å²) in [6.07, 6.45) is 1.54. The second kappa shape index (κ2) is 7.78. The molecule has 2 rings (SSSR count). The van der Waals surface area contributed by atoms with Gasteiger partial charge in [0.25, 0.3) is 0 Å². The standard InChI is InChI=1S/C13H15Cl2N3OS/c1-19-7-5-12-17-13(20-18-12)16-6-4-9-2-3-10(14)8-11(9)15/h2-3,8H,4-7H2,1H3,(H,16,17,18). The zero-order chi connectivity index (χ0) is 14.4. The van der Waals surface area contributed by atoms with E-state index in [4.69, 9.17) is 27.9 Å². The molecule has 0 fully saturated rings. The lowest BCUT2D eigenvalue weighted by Gasteiger charge is -2.05. The summed E-state index contributed by atoms with van der Waals surface area (Å²) in [5, 5.41) is 5.41. The normalized spacial score (nSPS) is 10.8. The molecule has 1 N–H and O–H groups in total. The first-order valence-electron chi connectivity index (χ1n) is 6.18. The maximum absolute atomic E-state index is 6.12. The topological polar surface area (TPSA) is 47.0 Å². The molecular formula is C13H15Cl2N3OS. The van der Waals surface area contributed by atoms with Crippen LogP contribution in [-0.2, 0) is 17.6 Å². The van der Waals surface area contributed by atoms with E-state index in [9.17, 15) is 0 Å². The van der Waals surface area contributed by atoms with Crippen molar-refractivity contribution in [1.82, 2.24) is 9.36 Å². The quantitative estimate of drug-likeness (QED) is 0.840. The van der Waals surface area contributed by atoms with Gasteiger partial charge in [0, 0.05) is 41.7 Å². The number of anilines is 1. The highest BCUT2D eigenvalue weighted by atomic mass is 35.5. The highest BCUT2D eigenvalue weighted by Crippen LogP contribution is 2.21. The van der Waals surface area contributed by atoms with Crippen LogP contribution in [0.15, 0.2) is 18.2 Å². The van der Waals surface area contributed by atoms with Gasteiger partial charge >= 0.3 is 0 Å². The minimum Gasteiger partial charge on any atom is -0.384 e. The predicted molar refractivity (Wildman–Crippen MR) is 84.1 cm³/mol. The Balaban J connectivity index is 1.82. The molecule has 0 bridgehead atoms. The molecule has 4 nitrogen and oxygen atoms in total. The Bertz CT molecular complexity index is 562. The van der Waals surface area contributed by atoms with Gasteiger partial charge in [-0.05, 0) is 24.1 Å². The van der Waals surface area contributed by atoms with Crippen LogP contribution in [0.5, 0.6) is 0 Å². The number of nitrogens with zero attached hydrogens (tertiary/aromatic N) is 2. The monoisotopic (exact) mass is 331 g/mol. The zero-order valence-electron chi connectivity index (χ0n) is 11.0. The molecule has 0 aliphatic carbocycles. The third kappa shape index (κ3) is 4.59. The molecule has 0 aliphatic heterocycles. The second-order valence-corrected chi connectivity index (χ2v) is 5.77. The summed E-state index contributed by atoms with van der Waals surface area (Å²) in [7, 11) is 1.67. The van der Waals surface area contributed by atoms with E-state index in [0.717, 1.165) is 35.9 Å². The Morgan fingerprint density at radius 1 is 1.30 bits per heavy atom. The van der Waals surface area contributed by atoms with Crippen molar-refractivity contribution in [1.29, 1.82) is 0 Å². The Morgan fingerprint density at radius 3 is 2.90 bits per heavy atom. The zero-order valence-corrected chi connectivity index (χ0v) is 13.4. The van der Waals surface area contributed by atoms with Gasteiger partial charge in [-0.2, -0.15) is 4.37 Å². The van der Waals surface area contributed by atoms with E-state index in [-0.39, 0.29) is 0 Å². The lowest BCUT2D eigenvalue weighted by atomic mass is 10.1. The van der Waals surface area contributed by atoms with Gasteiger partial charge in [0.1, 0.15) is 5.82 Å². The Hall–Kier alpha value is -0.880. The molecule has 1 heterocycles. The first kappa shape index (κ1) is 15.5. The van der Waals surface area contributed by atoms with E-state index in [1.807, 2.05) is 12.1 Å². The summed E-state index contributed by atoms with van der Waals surface area (Å²) in [6, 6.07) is 5.54. The Labute approximate surface area is 132 Å². The van der Waals surface area contributed by atoms with Crippen LogP contribution in [-0.4, -0.2) is 29.6 Å². The molecule has 0 amide bonds. The molecule has 0 saturated carbocycles. The van der Waals surface area contributed by atoms with Crippen molar-refractivity contribution in [2.24, 2.45) is 0 Å². The predicted octanol–water partition coefficient (Wildman–Crippen LogP) is 3.69. The molecule has 1 aromatic heterocycles. The maximum Gasteiger partial charge on any atom is 0.202 e. The number of benzene rings is 1. The van der Waals surface area contributed by atoms with Crippen LogP contribution in [0.2, 0.25) is 10.0 Å². The van der Waals surface area contributed by atoms with Crippen LogP contribution in [0.1, 0.15) is 11.4 Å². The van der Waals surface area contributed by atoms with E-state index in [2.05, 4.69) is 14.7 Å². The van der Waals surface area contributed by atoms with E-state index >= 15 is 0 Å². The molecular weight excluding hydrogens is 317 g/mol. The van der Waals surface area contributed by atoms with Gasteiger partial charge in [0.15, 0.2) is 0 Å². The number of aromatic nitrogens is 2. The minimum absolute atomic E-state index is 0.635. The largest absolute Gasteiger partial charge is 0.384 e. The summed E-state index contributed by atoms with van der Waals surface area (Å²) < 4.78 is 9.25. The molecule has 0 spiro atoms. The van der Waals surface area contributed by atoms with Crippen LogP contribution in [0.25, 0.3) is 0 Å². The van der Waals surface area contributed by atoms with Crippen molar-refractivity contribution in [3.8, 4) is 0 Å². The molecule has 0 unspecified atom stereocenters. The third-order valence-electron chi connectivity index (χ3n) is 2.68. The van der Waals surface area contributed by atoms with E-state index in [1.54, 1.807) is 13.2 Å². The van der Waals surface area contributed by atoms with Gasteiger partial charge in [-0.15, -0.1) is 0 Å². The third-order valence-corrected chi connectivity index (χ3v) is 3.98. The fourth-order valence-electron chi connectivity index (χ4n) is 1.65. The SMILES string of the molecule is COCCc1nsc(NCCc2ccc(Cl)cc2Cl)n1. The van der Waals surface area contributed by atoms with Crippen LogP contribution in [0.3, 0.4) is 0 Å².